The van der Waals surface area contributed by atoms with Crippen LogP contribution in [0.2, 0.25) is 0 Å². The molecule has 0 atom stereocenters. The van der Waals surface area contributed by atoms with Crippen molar-refractivity contribution in [3.63, 3.8) is 0 Å². The van der Waals surface area contributed by atoms with Crippen LogP contribution in [0.25, 0.3) is 0 Å². The zero-order valence-corrected chi connectivity index (χ0v) is 10.2. The molecule has 0 bridgehead atoms. The van der Waals surface area contributed by atoms with E-state index in [-0.39, 0.29) is 11.2 Å². The van der Waals surface area contributed by atoms with Gasteiger partial charge in [-0.25, -0.2) is 8.42 Å². The van der Waals surface area contributed by atoms with E-state index in [2.05, 4.69) is 20.8 Å². The molecule has 1 aliphatic heterocycles. The first-order chi connectivity index (χ1) is 6.81. The fourth-order valence-electron chi connectivity index (χ4n) is 1.87. The number of fused-ring (bicyclic) bond motifs is 1. The SMILES string of the molecule is CC(C)(C)c1ccc2c(c1)S(=O)(=O)CC2. The fourth-order valence-corrected chi connectivity index (χ4v) is 3.46. The first kappa shape index (κ1) is 10.7. The number of aryl methyl sites for hydroxylation is 1. The molecular formula is C12H16O2S. The molecule has 2 rings (SSSR count). The Hall–Kier alpha value is -0.830. The van der Waals surface area contributed by atoms with Crippen molar-refractivity contribution >= 4 is 9.84 Å². The average molecular weight is 224 g/mol. The summed E-state index contributed by atoms with van der Waals surface area (Å²) in [5.41, 5.74) is 2.07. The molecule has 0 fully saturated rings. The number of rotatable bonds is 0. The summed E-state index contributed by atoms with van der Waals surface area (Å²) in [6.45, 7) is 6.28. The normalized spacial score (nSPS) is 18.9. The minimum Gasteiger partial charge on any atom is -0.224 e. The minimum absolute atomic E-state index is 0.00708. The summed E-state index contributed by atoms with van der Waals surface area (Å²) < 4.78 is 23.5. The second-order valence-electron chi connectivity index (χ2n) is 5.14. The van der Waals surface area contributed by atoms with E-state index in [0.29, 0.717) is 11.3 Å². The molecule has 1 heterocycles. The van der Waals surface area contributed by atoms with E-state index >= 15 is 0 Å². The van der Waals surface area contributed by atoms with Crippen molar-refractivity contribution in [2.45, 2.75) is 37.5 Å². The van der Waals surface area contributed by atoms with Gasteiger partial charge in [0, 0.05) is 0 Å². The Morgan fingerprint density at radius 3 is 2.47 bits per heavy atom. The minimum atomic E-state index is -2.99. The van der Waals surface area contributed by atoms with Crippen LogP contribution in [-0.4, -0.2) is 14.2 Å². The molecule has 1 aliphatic rings. The maximum Gasteiger partial charge on any atom is 0.178 e. The molecule has 0 saturated heterocycles. The standard InChI is InChI=1S/C12H16O2S/c1-12(2,3)10-5-4-9-6-7-15(13,14)11(9)8-10/h4-5,8H,6-7H2,1-3H3. The predicted octanol–water partition coefficient (Wildman–Crippen LogP) is 2.31. The van der Waals surface area contributed by atoms with E-state index < -0.39 is 9.84 Å². The highest BCUT2D eigenvalue weighted by Gasteiger charge is 2.27. The van der Waals surface area contributed by atoms with Crippen LogP contribution in [-0.2, 0) is 21.7 Å². The van der Waals surface area contributed by atoms with Gasteiger partial charge in [-0.05, 0) is 29.0 Å². The van der Waals surface area contributed by atoms with Gasteiger partial charge in [-0.3, -0.25) is 0 Å². The quantitative estimate of drug-likeness (QED) is 0.677. The van der Waals surface area contributed by atoms with Crippen LogP contribution >= 0.6 is 0 Å². The Morgan fingerprint density at radius 1 is 1.20 bits per heavy atom. The molecule has 0 spiro atoms. The second kappa shape index (κ2) is 3.08. The third-order valence-electron chi connectivity index (χ3n) is 2.91. The maximum absolute atomic E-state index is 11.7. The summed E-state index contributed by atoms with van der Waals surface area (Å²) in [6, 6.07) is 5.85. The molecule has 0 radical (unpaired) electrons. The topological polar surface area (TPSA) is 34.1 Å². The van der Waals surface area contributed by atoms with Crippen LogP contribution in [0, 0.1) is 0 Å². The van der Waals surface area contributed by atoms with E-state index in [9.17, 15) is 8.42 Å². The Balaban J connectivity index is 2.61. The van der Waals surface area contributed by atoms with Gasteiger partial charge >= 0.3 is 0 Å². The molecule has 0 saturated carbocycles. The van der Waals surface area contributed by atoms with Crippen molar-refractivity contribution in [3.05, 3.63) is 29.3 Å². The summed E-state index contributed by atoms with van der Waals surface area (Å²) in [4.78, 5) is 0.551. The van der Waals surface area contributed by atoms with E-state index in [4.69, 9.17) is 0 Å². The highest BCUT2D eigenvalue weighted by Crippen LogP contribution is 2.31. The highest BCUT2D eigenvalue weighted by atomic mass is 32.2. The van der Waals surface area contributed by atoms with Gasteiger partial charge in [0.2, 0.25) is 0 Å². The van der Waals surface area contributed by atoms with Crippen molar-refractivity contribution < 1.29 is 8.42 Å². The molecule has 0 N–H and O–H groups in total. The van der Waals surface area contributed by atoms with E-state index in [1.807, 2.05) is 18.2 Å². The zero-order chi connectivity index (χ0) is 11.3. The molecule has 0 aromatic heterocycles. The number of hydrogen-bond donors (Lipinski definition) is 0. The van der Waals surface area contributed by atoms with Crippen molar-refractivity contribution in [2.75, 3.05) is 5.75 Å². The van der Waals surface area contributed by atoms with E-state index in [1.165, 1.54) is 0 Å². The van der Waals surface area contributed by atoms with E-state index in [0.717, 1.165) is 11.1 Å². The molecular weight excluding hydrogens is 208 g/mol. The Labute approximate surface area is 91.2 Å². The van der Waals surface area contributed by atoms with Gasteiger partial charge in [0.25, 0.3) is 0 Å². The molecule has 15 heavy (non-hydrogen) atoms. The first-order valence-electron chi connectivity index (χ1n) is 5.17. The largest absolute Gasteiger partial charge is 0.224 e. The van der Waals surface area contributed by atoms with Crippen molar-refractivity contribution in [3.8, 4) is 0 Å². The van der Waals surface area contributed by atoms with Crippen molar-refractivity contribution in [1.29, 1.82) is 0 Å². The molecule has 1 aromatic rings. The van der Waals surface area contributed by atoms with Gasteiger partial charge in [0.1, 0.15) is 0 Å². The third kappa shape index (κ3) is 1.81. The summed E-state index contributed by atoms with van der Waals surface area (Å²) in [7, 11) is -2.99. The Bertz CT molecular complexity index is 493. The summed E-state index contributed by atoms with van der Waals surface area (Å²) in [5.74, 6) is 0.274. The number of hydrogen-bond acceptors (Lipinski definition) is 2. The lowest BCUT2D eigenvalue weighted by Crippen LogP contribution is -2.11. The van der Waals surface area contributed by atoms with Crippen LogP contribution in [0.4, 0.5) is 0 Å². The molecule has 1 aromatic carbocycles. The molecule has 2 nitrogen and oxygen atoms in total. The maximum atomic E-state index is 11.7. The van der Waals surface area contributed by atoms with Gasteiger partial charge in [0.15, 0.2) is 9.84 Å². The smallest absolute Gasteiger partial charge is 0.178 e. The summed E-state index contributed by atoms with van der Waals surface area (Å²) in [5, 5.41) is 0. The second-order valence-corrected chi connectivity index (χ2v) is 7.22. The lowest BCUT2D eigenvalue weighted by molar-refractivity contribution is 0.585. The lowest BCUT2D eigenvalue weighted by atomic mass is 9.86. The van der Waals surface area contributed by atoms with Crippen molar-refractivity contribution in [2.24, 2.45) is 0 Å². The van der Waals surface area contributed by atoms with Crippen LogP contribution in [0.5, 0.6) is 0 Å². The lowest BCUT2D eigenvalue weighted by Gasteiger charge is -2.19. The van der Waals surface area contributed by atoms with Gasteiger partial charge in [0.05, 0.1) is 10.6 Å². The summed E-state index contributed by atoms with van der Waals surface area (Å²) >= 11 is 0. The van der Waals surface area contributed by atoms with Gasteiger partial charge in [-0.2, -0.15) is 0 Å². The molecule has 0 unspecified atom stereocenters. The average Bonchev–Trinajstić information content (AvgIpc) is 2.41. The zero-order valence-electron chi connectivity index (χ0n) is 9.37. The first-order valence-corrected chi connectivity index (χ1v) is 6.82. The fraction of sp³-hybridized carbons (Fsp3) is 0.500. The molecule has 82 valence electrons. The van der Waals surface area contributed by atoms with Gasteiger partial charge in [-0.1, -0.05) is 32.9 Å². The Morgan fingerprint density at radius 2 is 1.87 bits per heavy atom. The molecule has 3 heteroatoms. The predicted molar refractivity (Wildman–Crippen MR) is 60.9 cm³/mol. The van der Waals surface area contributed by atoms with Crippen molar-refractivity contribution in [1.82, 2.24) is 0 Å². The number of sulfone groups is 1. The van der Waals surface area contributed by atoms with E-state index in [1.54, 1.807) is 0 Å². The van der Waals surface area contributed by atoms with Gasteiger partial charge < -0.3 is 0 Å². The third-order valence-corrected chi connectivity index (χ3v) is 4.70. The van der Waals surface area contributed by atoms with Crippen LogP contribution in [0.1, 0.15) is 31.9 Å². The molecule has 0 amide bonds. The number of benzene rings is 1. The summed E-state index contributed by atoms with van der Waals surface area (Å²) in [6.07, 6.45) is 0.669. The highest BCUT2D eigenvalue weighted by molar-refractivity contribution is 7.91. The van der Waals surface area contributed by atoms with Gasteiger partial charge in [-0.15, -0.1) is 0 Å². The monoisotopic (exact) mass is 224 g/mol. The Kier molecular flexibility index (Phi) is 2.19. The molecule has 0 aliphatic carbocycles. The van der Waals surface area contributed by atoms with Crippen LogP contribution < -0.4 is 0 Å². The van der Waals surface area contributed by atoms with Crippen LogP contribution in [0.15, 0.2) is 23.1 Å². The van der Waals surface area contributed by atoms with Crippen LogP contribution in [0.3, 0.4) is 0 Å².